The van der Waals surface area contributed by atoms with E-state index in [2.05, 4.69) is 10.3 Å². The van der Waals surface area contributed by atoms with E-state index in [1.807, 2.05) is 13.8 Å². The van der Waals surface area contributed by atoms with Crippen molar-refractivity contribution >= 4 is 23.2 Å². The number of carbonyl (C=O) groups excluding carboxylic acids is 1. The summed E-state index contributed by atoms with van der Waals surface area (Å²) in [6, 6.07) is -0.879. The van der Waals surface area contributed by atoms with Crippen LogP contribution in [0.4, 0.5) is 0 Å². The Morgan fingerprint density at radius 3 is 2.95 bits per heavy atom. The van der Waals surface area contributed by atoms with Crippen LogP contribution in [-0.4, -0.2) is 34.6 Å². The third kappa shape index (κ3) is 3.79. The van der Waals surface area contributed by atoms with Gasteiger partial charge in [-0.05, 0) is 18.8 Å². The Hall–Kier alpha value is -1.47. The first-order valence-electron chi connectivity index (χ1n) is 7.14. The molecule has 7 heteroatoms. The maximum atomic E-state index is 12.2. The normalized spacial score (nSPS) is 21.0. The van der Waals surface area contributed by atoms with Gasteiger partial charge in [0.15, 0.2) is 0 Å². The van der Waals surface area contributed by atoms with Crippen molar-refractivity contribution in [3.05, 3.63) is 16.1 Å². The molecule has 21 heavy (non-hydrogen) atoms. The third-order valence-corrected chi connectivity index (χ3v) is 4.81. The predicted molar refractivity (Wildman–Crippen MR) is 78.4 cm³/mol. The first kappa shape index (κ1) is 15.9. The summed E-state index contributed by atoms with van der Waals surface area (Å²) in [6.07, 6.45) is 4.06. The average Bonchev–Trinajstić information content (AvgIpc) is 3.12. The lowest BCUT2D eigenvalue weighted by molar-refractivity contribution is -0.140. The van der Waals surface area contributed by atoms with Crippen molar-refractivity contribution in [1.82, 2.24) is 10.3 Å². The highest BCUT2D eigenvalue weighted by Crippen LogP contribution is 2.31. The zero-order valence-corrected chi connectivity index (χ0v) is 13.0. The molecule has 6 nitrogen and oxygen atoms in total. The Balaban J connectivity index is 2.03. The van der Waals surface area contributed by atoms with Crippen molar-refractivity contribution in [1.29, 1.82) is 0 Å². The van der Waals surface area contributed by atoms with Crippen molar-refractivity contribution < 1.29 is 19.4 Å². The van der Waals surface area contributed by atoms with Gasteiger partial charge in [-0.25, -0.2) is 9.78 Å². The van der Waals surface area contributed by atoms with Crippen LogP contribution in [0.25, 0.3) is 0 Å². The zero-order chi connectivity index (χ0) is 15.4. The number of thiazole rings is 1. The maximum Gasteiger partial charge on any atom is 0.326 e. The number of amides is 1. The van der Waals surface area contributed by atoms with Crippen LogP contribution in [-0.2, 0) is 9.53 Å². The molecule has 2 N–H and O–H groups in total. The summed E-state index contributed by atoms with van der Waals surface area (Å²) < 4.78 is 5.53. The van der Waals surface area contributed by atoms with Crippen LogP contribution in [0.2, 0.25) is 0 Å². The minimum Gasteiger partial charge on any atom is -0.480 e. The molecule has 1 saturated heterocycles. The van der Waals surface area contributed by atoms with E-state index >= 15 is 0 Å². The molecule has 0 radical (unpaired) electrons. The highest BCUT2D eigenvalue weighted by molar-refractivity contribution is 7.13. The molecule has 1 aromatic heterocycles. The van der Waals surface area contributed by atoms with Crippen molar-refractivity contribution in [2.75, 3.05) is 6.61 Å². The second-order valence-electron chi connectivity index (χ2n) is 5.24. The van der Waals surface area contributed by atoms with Crippen molar-refractivity contribution in [3.63, 3.8) is 0 Å². The molecule has 116 valence electrons. The van der Waals surface area contributed by atoms with Crippen LogP contribution in [0.15, 0.2) is 6.20 Å². The molecule has 0 bridgehead atoms. The summed E-state index contributed by atoms with van der Waals surface area (Å²) in [5, 5.41) is 12.6. The SMILES string of the molecule is CC[C@H](C)[C@H](NC(=O)c1cnc(C2CCCO2)s1)C(=O)O. The fourth-order valence-corrected chi connectivity index (χ4v) is 3.11. The quantitative estimate of drug-likeness (QED) is 0.841. The summed E-state index contributed by atoms with van der Waals surface area (Å²) >= 11 is 1.27. The van der Waals surface area contributed by atoms with E-state index in [-0.39, 0.29) is 17.9 Å². The van der Waals surface area contributed by atoms with Gasteiger partial charge in [0.1, 0.15) is 22.0 Å². The van der Waals surface area contributed by atoms with E-state index in [0.717, 1.165) is 24.5 Å². The molecule has 1 aromatic rings. The number of nitrogens with zero attached hydrogens (tertiary/aromatic N) is 1. The molecule has 1 amide bonds. The summed E-state index contributed by atoms with van der Waals surface area (Å²) in [5.74, 6) is -1.52. The lowest BCUT2D eigenvalue weighted by Crippen LogP contribution is -2.44. The van der Waals surface area contributed by atoms with E-state index in [1.54, 1.807) is 0 Å². The number of aromatic nitrogens is 1. The van der Waals surface area contributed by atoms with E-state index < -0.39 is 12.0 Å². The van der Waals surface area contributed by atoms with Crippen LogP contribution in [0.1, 0.15) is 53.9 Å². The molecular weight excluding hydrogens is 292 g/mol. The number of carboxylic acid groups (broad SMARTS) is 1. The Kier molecular flexibility index (Phi) is 5.30. The molecule has 3 atom stereocenters. The van der Waals surface area contributed by atoms with Crippen LogP contribution in [0.5, 0.6) is 0 Å². The Labute approximate surface area is 127 Å². The molecule has 0 saturated carbocycles. The molecule has 1 aliphatic heterocycles. The van der Waals surface area contributed by atoms with Crippen molar-refractivity contribution in [3.8, 4) is 0 Å². The van der Waals surface area contributed by atoms with Crippen LogP contribution in [0, 0.1) is 5.92 Å². The summed E-state index contributed by atoms with van der Waals surface area (Å²) in [4.78, 5) is 28.0. The number of ether oxygens (including phenoxy) is 1. The fraction of sp³-hybridized carbons (Fsp3) is 0.643. The van der Waals surface area contributed by atoms with Gasteiger partial charge >= 0.3 is 5.97 Å². The number of carboxylic acids is 1. The standard InChI is InChI=1S/C14H20N2O4S/c1-3-8(2)11(14(18)19)16-12(17)10-7-15-13(21-10)9-5-4-6-20-9/h7-9,11H,3-6H2,1-2H3,(H,16,17)(H,18,19)/t8-,9?,11-/m0/s1. The third-order valence-electron chi connectivity index (χ3n) is 3.72. The van der Waals surface area contributed by atoms with Gasteiger partial charge in [-0.15, -0.1) is 11.3 Å². The van der Waals surface area contributed by atoms with Gasteiger partial charge < -0.3 is 15.2 Å². The second-order valence-corrected chi connectivity index (χ2v) is 6.30. The van der Waals surface area contributed by atoms with Crippen molar-refractivity contribution in [2.24, 2.45) is 5.92 Å². The van der Waals surface area contributed by atoms with Gasteiger partial charge in [0, 0.05) is 6.61 Å². The summed E-state index contributed by atoms with van der Waals surface area (Å²) in [7, 11) is 0. The number of nitrogens with one attached hydrogen (secondary N) is 1. The van der Waals surface area contributed by atoms with Crippen LogP contribution in [0.3, 0.4) is 0 Å². The average molecular weight is 312 g/mol. The van der Waals surface area contributed by atoms with Crippen LogP contribution < -0.4 is 5.32 Å². The zero-order valence-electron chi connectivity index (χ0n) is 12.2. The number of carbonyl (C=O) groups is 2. The highest BCUT2D eigenvalue weighted by atomic mass is 32.1. The minimum absolute atomic E-state index is 0.0265. The molecule has 1 unspecified atom stereocenters. The van der Waals surface area contributed by atoms with Gasteiger partial charge in [-0.3, -0.25) is 4.79 Å². The van der Waals surface area contributed by atoms with Gasteiger partial charge in [0.05, 0.1) is 6.20 Å². The summed E-state index contributed by atoms with van der Waals surface area (Å²) in [6.45, 7) is 4.43. The molecule has 1 fully saturated rings. The first-order chi connectivity index (χ1) is 10.0. The summed E-state index contributed by atoms with van der Waals surface area (Å²) in [5.41, 5.74) is 0. The van der Waals surface area contributed by atoms with E-state index in [9.17, 15) is 14.7 Å². The lowest BCUT2D eigenvalue weighted by atomic mass is 9.99. The van der Waals surface area contributed by atoms with Crippen molar-refractivity contribution in [2.45, 2.75) is 45.3 Å². The smallest absolute Gasteiger partial charge is 0.326 e. The van der Waals surface area contributed by atoms with Gasteiger partial charge in [0.25, 0.3) is 5.91 Å². The largest absolute Gasteiger partial charge is 0.480 e. The Morgan fingerprint density at radius 2 is 2.38 bits per heavy atom. The van der Waals surface area contributed by atoms with Gasteiger partial charge in [-0.1, -0.05) is 20.3 Å². The monoisotopic (exact) mass is 312 g/mol. The Bertz CT molecular complexity index is 511. The number of hydrogen-bond donors (Lipinski definition) is 2. The minimum atomic E-state index is -1.01. The molecule has 1 aliphatic rings. The fourth-order valence-electron chi connectivity index (χ4n) is 2.21. The van der Waals surface area contributed by atoms with Gasteiger partial charge in [-0.2, -0.15) is 0 Å². The molecule has 0 aromatic carbocycles. The van der Waals surface area contributed by atoms with Gasteiger partial charge in [0.2, 0.25) is 0 Å². The second kappa shape index (κ2) is 7.00. The number of rotatable bonds is 6. The van der Waals surface area contributed by atoms with E-state index in [1.165, 1.54) is 17.5 Å². The molecule has 2 heterocycles. The highest BCUT2D eigenvalue weighted by Gasteiger charge is 2.27. The lowest BCUT2D eigenvalue weighted by Gasteiger charge is -2.19. The molecule has 0 spiro atoms. The molecule has 0 aliphatic carbocycles. The Morgan fingerprint density at radius 1 is 1.62 bits per heavy atom. The first-order valence-corrected chi connectivity index (χ1v) is 7.95. The molecular formula is C14H20N2O4S. The van der Waals surface area contributed by atoms with Crippen LogP contribution >= 0.6 is 11.3 Å². The van der Waals surface area contributed by atoms with E-state index in [0.29, 0.717) is 11.3 Å². The van der Waals surface area contributed by atoms with E-state index in [4.69, 9.17) is 4.74 Å². The number of aliphatic carboxylic acids is 1. The number of hydrogen-bond acceptors (Lipinski definition) is 5. The maximum absolute atomic E-state index is 12.2. The predicted octanol–water partition coefficient (Wildman–Crippen LogP) is 2.22. The topological polar surface area (TPSA) is 88.5 Å². The molecule has 2 rings (SSSR count).